The van der Waals surface area contributed by atoms with E-state index in [9.17, 15) is 0 Å². The van der Waals surface area contributed by atoms with E-state index in [1.54, 1.807) is 0 Å². The molecule has 0 aliphatic heterocycles. The second-order valence-corrected chi connectivity index (χ2v) is 4.59. The lowest BCUT2D eigenvalue weighted by molar-refractivity contribution is 1.29. The molecule has 0 spiro atoms. The summed E-state index contributed by atoms with van der Waals surface area (Å²) in [5.74, 6) is 0. The molecule has 0 atom stereocenters. The first kappa shape index (κ1) is 10.2. The van der Waals surface area contributed by atoms with Gasteiger partial charge in [-0.2, -0.15) is 0 Å². The van der Waals surface area contributed by atoms with Crippen LogP contribution in [0.25, 0.3) is 28.0 Å². The number of hydrogen-bond donors (Lipinski definition) is 0. The zero-order valence-corrected chi connectivity index (χ0v) is 10.2. The lowest BCUT2D eigenvalue weighted by Gasteiger charge is -1.99. The summed E-state index contributed by atoms with van der Waals surface area (Å²) >= 11 is 0. The highest BCUT2D eigenvalue weighted by molar-refractivity contribution is 6.09. The standard InChI is InChI=1S/C16H15N/c1-4-17-15-7-5-11(2)9-13(15)14-10-12(3)6-8-16(14)17/h4-10H,1H2,2-3H3. The summed E-state index contributed by atoms with van der Waals surface area (Å²) in [5, 5.41) is 2.62. The Labute approximate surface area is 101 Å². The summed E-state index contributed by atoms with van der Waals surface area (Å²) in [6.45, 7) is 8.17. The van der Waals surface area contributed by atoms with E-state index in [2.05, 4.69) is 61.4 Å². The van der Waals surface area contributed by atoms with Gasteiger partial charge in [-0.1, -0.05) is 29.8 Å². The Hall–Kier alpha value is -2.02. The molecular formula is C16H15N. The number of aryl methyl sites for hydroxylation is 2. The van der Waals surface area contributed by atoms with E-state index >= 15 is 0 Å². The summed E-state index contributed by atoms with van der Waals surface area (Å²) in [7, 11) is 0. The number of aromatic nitrogens is 1. The van der Waals surface area contributed by atoms with Crippen LogP contribution in [0.4, 0.5) is 0 Å². The highest BCUT2D eigenvalue weighted by Crippen LogP contribution is 2.30. The Morgan fingerprint density at radius 1 is 0.882 bits per heavy atom. The highest BCUT2D eigenvalue weighted by atomic mass is 14.9. The first-order valence-electron chi connectivity index (χ1n) is 5.84. The quantitative estimate of drug-likeness (QED) is 0.569. The number of benzene rings is 2. The number of rotatable bonds is 1. The maximum Gasteiger partial charge on any atom is 0.0534 e. The minimum Gasteiger partial charge on any atom is -0.317 e. The third-order valence-corrected chi connectivity index (χ3v) is 3.30. The number of hydrogen-bond acceptors (Lipinski definition) is 0. The van der Waals surface area contributed by atoms with Gasteiger partial charge < -0.3 is 4.57 Å². The van der Waals surface area contributed by atoms with Gasteiger partial charge in [0.25, 0.3) is 0 Å². The second kappa shape index (κ2) is 3.49. The fraction of sp³-hybridized carbons (Fsp3) is 0.125. The van der Waals surface area contributed by atoms with Crippen LogP contribution in [-0.2, 0) is 0 Å². The summed E-state index contributed by atoms with van der Waals surface area (Å²) in [6, 6.07) is 13.1. The SMILES string of the molecule is C=Cn1c2ccc(C)cc2c2cc(C)ccc21. The van der Waals surface area contributed by atoms with E-state index in [0.29, 0.717) is 0 Å². The van der Waals surface area contributed by atoms with Gasteiger partial charge in [-0.3, -0.25) is 0 Å². The van der Waals surface area contributed by atoms with Gasteiger partial charge in [-0.05, 0) is 38.1 Å². The minimum atomic E-state index is 1.23. The minimum absolute atomic E-state index is 1.23. The van der Waals surface area contributed by atoms with Gasteiger partial charge in [-0.25, -0.2) is 0 Å². The molecule has 0 amide bonds. The molecule has 0 fully saturated rings. The molecule has 0 radical (unpaired) electrons. The van der Waals surface area contributed by atoms with Gasteiger partial charge >= 0.3 is 0 Å². The van der Waals surface area contributed by atoms with Crippen LogP contribution in [0.5, 0.6) is 0 Å². The van der Waals surface area contributed by atoms with Gasteiger partial charge in [0.2, 0.25) is 0 Å². The molecule has 17 heavy (non-hydrogen) atoms. The zero-order valence-electron chi connectivity index (χ0n) is 10.2. The highest BCUT2D eigenvalue weighted by Gasteiger charge is 2.08. The van der Waals surface area contributed by atoms with Gasteiger partial charge in [-0.15, -0.1) is 0 Å². The molecule has 0 aliphatic carbocycles. The largest absolute Gasteiger partial charge is 0.317 e. The van der Waals surface area contributed by atoms with Crippen molar-refractivity contribution in [3.05, 3.63) is 54.1 Å². The fourth-order valence-corrected chi connectivity index (χ4v) is 2.48. The topological polar surface area (TPSA) is 4.93 Å². The Morgan fingerprint density at radius 3 is 1.76 bits per heavy atom. The molecule has 0 saturated heterocycles. The van der Waals surface area contributed by atoms with Gasteiger partial charge in [0.1, 0.15) is 0 Å². The van der Waals surface area contributed by atoms with Crippen LogP contribution in [0.3, 0.4) is 0 Å². The van der Waals surface area contributed by atoms with Crippen molar-refractivity contribution < 1.29 is 0 Å². The molecule has 1 aromatic heterocycles. The monoisotopic (exact) mass is 221 g/mol. The van der Waals surface area contributed by atoms with Crippen LogP contribution in [0, 0.1) is 13.8 Å². The Bertz CT molecular complexity index is 673. The van der Waals surface area contributed by atoms with Gasteiger partial charge in [0, 0.05) is 17.0 Å². The molecule has 0 bridgehead atoms. The normalized spacial score (nSPS) is 11.2. The van der Waals surface area contributed by atoms with Gasteiger partial charge in [0.15, 0.2) is 0 Å². The van der Waals surface area contributed by atoms with Crippen LogP contribution in [0.15, 0.2) is 43.0 Å². The Kier molecular flexibility index (Phi) is 2.08. The predicted octanol–water partition coefficient (Wildman–Crippen LogP) is 4.51. The van der Waals surface area contributed by atoms with Crippen molar-refractivity contribution in [1.29, 1.82) is 0 Å². The maximum absolute atomic E-state index is 3.91. The van der Waals surface area contributed by atoms with Crippen molar-refractivity contribution >= 4 is 28.0 Å². The molecular weight excluding hydrogens is 206 g/mol. The molecule has 3 aromatic rings. The fourth-order valence-electron chi connectivity index (χ4n) is 2.48. The third kappa shape index (κ3) is 1.39. The van der Waals surface area contributed by atoms with E-state index < -0.39 is 0 Å². The first-order valence-corrected chi connectivity index (χ1v) is 5.84. The van der Waals surface area contributed by atoms with Crippen molar-refractivity contribution in [1.82, 2.24) is 4.57 Å². The summed E-state index contributed by atoms with van der Waals surface area (Å²) in [4.78, 5) is 0. The molecule has 3 rings (SSSR count). The lowest BCUT2D eigenvalue weighted by atomic mass is 10.1. The molecule has 0 aliphatic rings. The Balaban J connectivity index is 2.61. The van der Waals surface area contributed by atoms with Crippen LogP contribution < -0.4 is 0 Å². The smallest absolute Gasteiger partial charge is 0.0534 e. The van der Waals surface area contributed by atoms with Crippen molar-refractivity contribution in [2.45, 2.75) is 13.8 Å². The average Bonchev–Trinajstić information content (AvgIpc) is 2.62. The van der Waals surface area contributed by atoms with E-state index in [1.165, 1.54) is 32.9 Å². The summed E-state index contributed by atoms with van der Waals surface area (Å²) in [5.41, 5.74) is 5.04. The van der Waals surface area contributed by atoms with E-state index in [-0.39, 0.29) is 0 Å². The Morgan fingerprint density at radius 2 is 1.35 bits per heavy atom. The zero-order chi connectivity index (χ0) is 12.0. The first-order chi connectivity index (χ1) is 8.20. The van der Waals surface area contributed by atoms with E-state index in [1.807, 2.05) is 6.20 Å². The van der Waals surface area contributed by atoms with Crippen LogP contribution in [0.2, 0.25) is 0 Å². The average molecular weight is 221 g/mol. The third-order valence-electron chi connectivity index (χ3n) is 3.30. The molecule has 1 heterocycles. The molecule has 2 aromatic carbocycles. The van der Waals surface area contributed by atoms with Crippen molar-refractivity contribution in [2.75, 3.05) is 0 Å². The van der Waals surface area contributed by atoms with Crippen molar-refractivity contribution in [3.8, 4) is 0 Å². The van der Waals surface area contributed by atoms with Crippen molar-refractivity contribution in [2.24, 2.45) is 0 Å². The number of fused-ring (bicyclic) bond motifs is 3. The summed E-state index contributed by atoms with van der Waals surface area (Å²) in [6.07, 6.45) is 1.88. The predicted molar refractivity (Wildman–Crippen MR) is 75.3 cm³/mol. The van der Waals surface area contributed by atoms with E-state index in [0.717, 1.165) is 0 Å². The molecule has 0 saturated carbocycles. The number of nitrogens with zero attached hydrogens (tertiary/aromatic N) is 1. The maximum atomic E-state index is 3.91. The lowest BCUT2D eigenvalue weighted by Crippen LogP contribution is -1.84. The molecule has 1 heteroatoms. The van der Waals surface area contributed by atoms with Gasteiger partial charge in [0.05, 0.1) is 11.0 Å². The molecule has 0 N–H and O–H groups in total. The molecule has 0 unspecified atom stereocenters. The van der Waals surface area contributed by atoms with Crippen LogP contribution >= 0.6 is 0 Å². The van der Waals surface area contributed by atoms with E-state index in [4.69, 9.17) is 0 Å². The van der Waals surface area contributed by atoms with Crippen molar-refractivity contribution in [3.63, 3.8) is 0 Å². The second-order valence-electron chi connectivity index (χ2n) is 4.59. The molecule has 1 nitrogen and oxygen atoms in total. The van der Waals surface area contributed by atoms with Crippen LogP contribution in [-0.4, -0.2) is 4.57 Å². The molecule has 84 valence electrons. The summed E-state index contributed by atoms with van der Waals surface area (Å²) < 4.78 is 2.16. The van der Waals surface area contributed by atoms with Crippen LogP contribution in [0.1, 0.15) is 11.1 Å².